The van der Waals surface area contributed by atoms with Crippen LogP contribution in [0.5, 0.6) is 0 Å². The van der Waals surface area contributed by atoms with Crippen LogP contribution in [0, 0.1) is 0 Å². The Labute approximate surface area is 349 Å². The van der Waals surface area contributed by atoms with Crippen molar-refractivity contribution in [1.82, 2.24) is 49.8 Å². The highest BCUT2D eigenvalue weighted by atomic mass is 15.1. The number of benzene rings is 4. The number of nitrogens with zero attached hydrogens (tertiary/aromatic N) is 10. The number of hydrogen-bond acceptors (Lipinski definition) is 10. The van der Waals surface area contributed by atoms with Crippen LogP contribution in [0.25, 0.3) is 91.1 Å². The van der Waals surface area contributed by atoms with Crippen molar-refractivity contribution in [2.45, 2.75) is 5.41 Å². The molecule has 0 bridgehead atoms. The molecule has 61 heavy (non-hydrogen) atoms. The lowest BCUT2D eigenvalue weighted by atomic mass is 9.70. The molecule has 0 unspecified atom stereocenters. The largest absolute Gasteiger partial charge is 0.253 e. The Morgan fingerprint density at radius 2 is 0.574 bits per heavy atom. The Kier molecular flexibility index (Phi) is 7.82. The molecule has 10 aromatic rings. The molecule has 6 aromatic heterocycles. The third-order valence-electron chi connectivity index (χ3n) is 11.5. The molecule has 0 fully saturated rings. The zero-order valence-electron chi connectivity index (χ0n) is 32.3. The minimum atomic E-state index is -0.689. The van der Waals surface area contributed by atoms with Crippen LogP contribution in [0.3, 0.4) is 0 Å². The monoisotopic (exact) mass is 782 g/mol. The maximum Gasteiger partial charge on any atom is 0.182 e. The van der Waals surface area contributed by atoms with Gasteiger partial charge in [-0.3, -0.25) is 19.9 Å². The van der Waals surface area contributed by atoms with Gasteiger partial charge in [0.2, 0.25) is 0 Å². The summed E-state index contributed by atoms with van der Waals surface area (Å²) in [4.78, 5) is 48.3. The van der Waals surface area contributed by atoms with Gasteiger partial charge in [0.1, 0.15) is 22.8 Å². The highest BCUT2D eigenvalue weighted by molar-refractivity contribution is 5.96. The van der Waals surface area contributed by atoms with Crippen molar-refractivity contribution >= 4 is 0 Å². The smallest absolute Gasteiger partial charge is 0.182 e. The van der Waals surface area contributed by atoms with Crippen molar-refractivity contribution in [3.05, 3.63) is 205 Å². The van der Waals surface area contributed by atoms with E-state index in [9.17, 15) is 0 Å². The second kappa shape index (κ2) is 13.8. The van der Waals surface area contributed by atoms with Crippen molar-refractivity contribution in [1.29, 1.82) is 0 Å². The van der Waals surface area contributed by atoms with Gasteiger partial charge in [-0.05, 0) is 105 Å². The average Bonchev–Trinajstić information content (AvgIpc) is 3.81. The molecule has 6 heterocycles. The quantitative estimate of drug-likeness (QED) is 0.161. The Morgan fingerprint density at radius 1 is 0.262 bits per heavy atom. The fourth-order valence-electron chi connectivity index (χ4n) is 8.87. The summed E-state index contributed by atoms with van der Waals surface area (Å²) in [5.74, 6) is 2.94. The first-order chi connectivity index (χ1) is 30.2. The number of pyridine rings is 4. The van der Waals surface area contributed by atoms with Crippen LogP contribution in [-0.4, -0.2) is 49.8 Å². The lowest BCUT2D eigenvalue weighted by Gasteiger charge is -2.31. The SMILES string of the molecule is c1ccc(-c2nc(-c3ccc4c(c3)C3(c5ccccc5-4)c4ccccc4-c4ccc(-c5nc(-c6ccccn6)nc(-c6ccccn6)n5)cc43)nc(-c3ccccn3)n2)nc1. The van der Waals surface area contributed by atoms with Crippen LogP contribution < -0.4 is 0 Å². The third-order valence-corrected chi connectivity index (χ3v) is 11.5. The molecule has 4 aromatic carbocycles. The summed E-state index contributed by atoms with van der Waals surface area (Å²) >= 11 is 0. The number of fused-ring (bicyclic) bond motifs is 10. The molecule has 2 aliphatic rings. The van der Waals surface area contributed by atoms with Gasteiger partial charge in [0.15, 0.2) is 34.9 Å². The van der Waals surface area contributed by atoms with Crippen LogP contribution in [0.4, 0.5) is 0 Å². The summed E-state index contributed by atoms with van der Waals surface area (Å²) in [6.45, 7) is 0. The number of aromatic nitrogens is 10. The van der Waals surface area contributed by atoms with Gasteiger partial charge in [-0.15, -0.1) is 0 Å². The molecule has 0 aliphatic heterocycles. The fourth-order valence-corrected chi connectivity index (χ4v) is 8.87. The van der Waals surface area contributed by atoms with Crippen molar-refractivity contribution < 1.29 is 0 Å². The summed E-state index contributed by atoms with van der Waals surface area (Å²) in [5, 5.41) is 0. The standard InChI is InChI=1S/C51H30N10/c1-3-15-37-33(13-1)35-23-21-31(45-56-47(41-17-5-9-25-52-41)60-48(57-45)42-18-6-10-26-53-42)29-39(35)51(37)38-16-4-2-14-34(38)36-24-22-32(30-40(36)51)46-58-49(43-19-7-11-27-54-43)61-50(59-46)44-20-8-12-28-55-44/h1-30H. The van der Waals surface area contributed by atoms with Gasteiger partial charge in [0.25, 0.3) is 0 Å². The highest BCUT2D eigenvalue weighted by Gasteiger charge is 2.52. The summed E-state index contributed by atoms with van der Waals surface area (Å²) in [5.41, 5.74) is 12.9. The Bertz CT molecular complexity index is 2970. The summed E-state index contributed by atoms with van der Waals surface area (Å²) < 4.78 is 0. The predicted molar refractivity (Wildman–Crippen MR) is 233 cm³/mol. The van der Waals surface area contributed by atoms with E-state index in [0.717, 1.165) is 33.4 Å². The van der Waals surface area contributed by atoms with Crippen LogP contribution in [0.2, 0.25) is 0 Å². The Balaban J connectivity index is 1.09. The van der Waals surface area contributed by atoms with Gasteiger partial charge in [-0.2, -0.15) is 0 Å². The van der Waals surface area contributed by atoms with Crippen molar-refractivity contribution in [3.63, 3.8) is 0 Å². The molecule has 10 heteroatoms. The van der Waals surface area contributed by atoms with Gasteiger partial charge in [-0.1, -0.05) is 97.1 Å². The van der Waals surface area contributed by atoms with E-state index in [2.05, 4.69) is 105 Å². The van der Waals surface area contributed by atoms with Crippen molar-refractivity contribution in [3.8, 4) is 91.1 Å². The molecular weight excluding hydrogens is 753 g/mol. The van der Waals surface area contributed by atoms with E-state index >= 15 is 0 Å². The first-order valence-electron chi connectivity index (χ1n) is 19.9. The van der Waals surface area contributed by atoms with Gasteiger partial charge in [0, 0.05) is 35.9 Å². The average molecular weight is 783 g/mol. The second-order valence-corrected chi connectivity index (χ2v) is 14.8. The molecule has 284 valence electrons. The number of hydrogen-bond donors (Lipinski definition) is 0. The lowest BCUT2D eigenvalue weighted by Crippen LogP contribution is -2.26. The lowest BCUT2D eigenvalue weighted by molar-refractivity contribution is 0.794. The van der Waals surface area contributed by atoms with E-state index in [-0.39, 0.29) is 0 Å². The van der Waals surface area contributed by atoms with E-state index < -0.39 is 5.41 Å². The minimum absolute atomic E-state index is 0.471. The van der Waals surface area contributed by atoms with Crippen LogP contribution >= 0.6 is 0 Å². The van der Waals surface area contributed by atoms with E-state index in [1.807, 2.05) is 72.8 Å². The molecule has 0 saturated carbocycles. The van der Waals surface area contributed by atoms with E-state index in [4.69, 9.17) is 29.9 Å². The molecular formula is C51H30N10. The maximum atomic E-state index is 5.05. The zero-order chi connectivity index (χ0) is 40.3. The zero-order valence-corrected chi connectivity index (χ0v) is 32.3. The van der Waals surface area contributed by atoms with Gasteiger partial charge in [0.05, 0.1) is 5.41 Å². The van der Waals surface area contributed by atoms with E-state index in [1.165, 1.54) is 22.3 Å². The predicted octanol–water partition coefficient (Wildman–Crippen LogP) is 9.98. The molecule has 0 amide bonds. The van der Waals surface area contributed by atoms with E-state index in [0.29, 0.717) is 57.7 Å². The van der Waals surface area contributed by atoms with Crippen LogP contribution in [0.1, 0.15) is 22.3 Å². The molecule has 0 atom stereocenters. The minimum Gasteiger partial charge on any atom is -0.253 e. The van der Waals surface area contributed by atoms with Crippen LogP contribution in [-0.2, 0) is 5.41 Å². The summed E-state index contributed by atoms with van der Waals surface area (Å²) in [6.07, 6.45) is 6.98. The Hall–Kier alpha value is -8.50. The number of rotatable bonds is 6. The van der Waals surface area contributed by atoms with Crippen molar-refractivity contribution in [2.75, 3.05) is 0 Å². The summed E-state index contributed by atoms with van der Waals surface area (Å²) in [7, 11) is 0. The second-order valence-electron chi connectivity index (χ2n) is 14.8. The third kappa shape index (κ3) is 5.50. The molecule has 1 spiro atoms. The normalized spacial score (nSPS) is 12.7. The van der Waals surface area contributed by atoms with Gasteiger partial charge < -0.3 is 0 Å². The van der Waals surface area contributed by atoms with Crippen LogP contribution in [0.15, 0.2) is 183 Å². The molecule has 12 rings (SSSR count). The van der Waals surface area contributed by atoms with Gasteiger partial charge in [-0.25, -0.2) is 29.9 Å². The molecule has 10 nitrogen and oxygen atoms in total. The Morgan fingerprint density at radius 3 is 0.918 bits per heavy atom. The molecule has 0 N–H and O–H groups in total. The molecule has 0 saturated heterocycles. The maximum absolute atomic E-state index is 5.05. The first-order valence-corrected chi connectivity index (χ1v) is 19.9. The fraction of sp³-hybridized carbons (Fsp3) is 0.0196. The van der Waals surface area contributed by atoms with Crippen molar-refractivity contribution in [2.24, 2.45) is 0 Å². The highest BCUT2D eigenvalue weighted by Crippen LogP contribution is 2.63. The van der Waals surface area contributed by atoms with E-state index in [1.54, 1.807) is 24.8 Å². The van der Waals surface area contributed by atoms with Gasteiger partial charge >= 0.3 is 0 Å². The topological polar surface area (TPSA) is 129 Å². The first kappa shape index (κ1) is 34.5. The molecule has 0 radical (unpaired) electrons. The summed E-state index contributed by atoms with van der Waals surface area (Å²) in [6, 6.07) is 53.5. The molecule has 2 aliphatic carbocycles.